The van der Waals surface area contributed by atoms with E-state index in [9.17, 15) is 5.11 Å². The number of guanidine groups is 1. The first kappa shape index (κ1) is 18.5. The van der Waals surface area contributed by atoms with Crippen molar-refractivity contribution < 1.29 is 5.11 Å². The van der Waals surface area contributed by atoms with E-state index in [1.807, 2.05) is 30.3 Å². The van der Waals surface area contributed by atoms with Crippen LogP contribution in [-0.4, -0.2) is 62.3 Å². The van der Waals surface area contributed by atoms with Crippen LogP contribution in [0.1, 0.15) is 25.3 Å². The molecule has 0 aromatic heterocycles. The molecule has 124 valence electrons. The molecule has 0 aliphatic rings. The van der Waals surface area contributed by atoms with E-state index in [0.717, 1.165) is 18.1 Å². The maximum absolute atomic E-state index is 9.59. The molecule has 1 aromatic rings. The summed E-state index contributed by atoms with van der Waals surface area (Å²) in [6.45, 7) is 5.89. The monoisotopic (exact) mass is 306 g/mol. The molecule has 1 rings (SSSR count). The molecule has 0 fully saturated rings. The molecule has 1 unspecified atom stereocenters. The molecule has 0 radical (unpaired) electrons. The number of hydrogen-bond donors (Lipinski definition) is 3. The van der Waals surface area contributed by atoms with Crippen molar-refractivity contribution in [3.05, 3.63) is 35.9 Å². The number of nitrogens with one attached hydrogen (secondary N) is 2. The second-order valence-electron chi connectivity index (χ2n) is 6.30. The number of aliphatic imine (C=N–C) groups is 1. The van der Waals surface area contributed by atoms with Crippen molar-refractivity contribution in [3.63, 3.8) is 0 Å². The van der Waals surface area contributed by atoms with Crippen LogP contribution in [-0.2, 0) is 0 Å². The Morgan fingerprint density at radius 2 is 1.86 bits per heavy atom. The summed E-state index contributed by atoms with van der Waals surface area (Å²) in [6, 6.07) is 10.0. The molecule has 22 heavy (non-hydrogen) atoms. The van der Waals surface area contributed by atoms with Crippen LogP contribution in [0.2, 0.25) is 0 Å². The van der Waals surface area contributed by atoms with Gasteiger partial charge < -0.3 is 20.6 Å². The van der Waals surface area contributed by atoms with Gasteiger partial charge in [0, 0.05) is 31.6 Å². The minimum atomic E-state index is 0.0351. The first-order valence-corrected chi connectivity index (χ1v) is 7.68. The first-order chi connectivity index (χ1) is 10.4. The minimum absolute atomic E-state index is 0.0351. The second-order valence-corrected chi connectivity index (χ2v) is 6.30. The predicted octanol–water partition coefficient (Wildman–Crippen LogP) is 1.27. The van der Waals surface area contributed by atoms with Crippen molar-refractivity contribution in [3.8, 4) is 0 Å². The highest BCUT2D eigenvalue weighted by Crippen LogP contribution is 2.13. The maximum atomic E-state index is 9.59. The summed E-state index contributed by atoms with van der Waals surface area (Å²) in [6.07, 6.45) is 0. The van der Waals surface area contributed by atoms with Crippen LogP contribution in [0.5, 0.6) is 0 Å². The highest BCUT2D eigenvalue weighted by atomic mass is 16.3. The minimum Gasteiger partial charge on any atom is -0.396 e. The van der Waals surface area contributed by atoms with Gasteiger partial charge in [0.25, 0.3) is 0 Å². The zero-order chi connectivity index (χ0) is 16.6. The smallest absolute Gasteiger partial charge is 0.191 e. The average molecular weight is 306 g/mol. The van der Waals surface area contributed by atoms with Crippen LogP contribution in [0.3, 0.4) is 0 Å². The highest BCUT2D eigenvalue weighted by Gasteiger charge is 2.20. The number of aliphatic hydroxyl groups is 1. The zero-order valence-corrected chi connectivity index (χ0v) is 14.4. The fourth-order valence-electron chi connectivity index (χ4n) is 1.91. The van der Waals surface area contributed by atoms with E-state index in [-0.39, 0.29) is 18.1 Å². The molecule has 0 spiro atoms. The lowest BCUT2D eigenvalue weighted by molar-refractivity contribution is 0.197. The topological polar surface area (TPSA) is 59.9 Å². The lowest BCUT2D eigenvalue weighted by Gasteiger charge is -2.33. The Kier molecular flexibility index (Phi) is 7.35. The summed E-state index contributed by atoms with van der Waals surface area (Å²) in [5.41, 5.74) is 1.16. The largest absolute Gasteiger partial charge is 0.396 e. The summed E-state index contributed by atoms with van der Waals surface area (Å²) in [5, 5.41) is 16.2. The van der Waals surface area contributed by atoms with Crippen LogP contribution in [0.25, 0.3) is 0 Å². The molecule has 0 heterocycles. The molecule has 0 bridgehead atoms. The first-order valence-electron chi connectivity index (χ1n) is 7.68. The Morgan fingerprint density at radius 3 is 2.36 bits per heavy atom. The summed E-state index contributed by atoms with van der Waals surface area (Å²) in [5.74, 6) is 0.811. The Balaban J connectivity index is 2.53. The van der Waals surface area contributed by atoms with E-state index in [0.29, 0.717) is 6.54 Å². The summed E-state index contributed by atoms with van der Waals surface area (Å²) < 4.78 is 0. The van der Waals surface area contributed by atoms with Gasteiger partial charge in [-0.3, -0.25) is 4.99 Å². The molecule has 0 saturated heterocycles. The van der Waals surface area contributed by atoms with Crippen molar-refractivity contribution in [1.29, 1.82) is 0 Å². The standard InChI is InChI=1S/C17H30N4O/c1-17(2,21(4)5)13-20-16(18-3)19-11-15(12-22)14-9-7-6-8-10-14/h6-10,15,22H,11-13H2,1-5H3,(H2,18,19,20). The fourth-order valence-corrected chi connectivity index (χ4v) is 1.91. The van der Waals surface area contributed by atoms with Crippen LogP contribution in [0, 0.1) is 0 Å². The van der Waals surface area contributed by atoms with Crippen molar-refractivity contribution >= 4 is 5.96 Å². The van der Waals surface area contributed by atoms with Gasteiger partial charge in [-0.2, -0.15) is 0 Å². The Hall–Kier alpha value is -1.59. The normalized spacial score (nSPS) is 14.0. The van der Waals surface area contributed by atoms with Gasteiger partial charge in [-0.15, -0.1) is 0 Å². The van der Waals surface area contributed by atoms with Crippen LogP contribution >= 0.6 is 0 Å². The fraction of sp³-hybridized carbons (Fsp3) is 0.588. The van der Waals surface area contributed by atoms with Crippen molar-refractivity contribution in [2.24, 2.45) is 4.99 Å². The van der Waals surface area contributed by atoms with E-state index in [1.165, 1.54) is 0 Å². The van der Waals surface area contributed by atoms with Crippen molar-refractivity contribution in [2.45, 2.75) is 25.3 Å². The van der Waals surface area contributed by atoms with Crippen molar-refractivity contribution in [1.82, 2.24) is 15.5 Å². The molecular weight excluding hydrogens is 276 g/mol. The summed E-state index contributed by atoms with van der Waals surface area (Å²) in [4.78, 5) is 6.42. The van der Waals surface area contributed by atoms with Gasteiger partial charge in [0.1, 0.15) is 0 Å². The Morgan fingerprint density at radius 1 is 1.23 bits per heavy atom. The molecule has 1 aromatic carbocycles. The van der Waals surface area contributed by atoms with E-state index in [1.54, 1.807) is 7.05 Å². The highest BCUT2D eigenvalue weighted by molar-refractivity contribution is 5.79. The molecule has 0 saturated carbocycles. The summed E-state index contributed by atoms with van der Waals surface area (Å²) in [7, 11) is 5.89. The Bertz CT molecular complexity index is 457. The summed E-state index contributed by atoms with van der Waals surface area (Å²) >= 11 is 0. The van der Waals surface area contributed by atoms with Gasteiger partial charge >= 0.3 is 0 Å². The molecule has 0 aliphatic heterocycles. The van der Waals surface area contributed by atoms with Gasteiger partial charge in [-0.1, -0.05) is 30.3 Å². The SMILES string of the molecule is CN=C(NCC(CO)c1ccccc1)NCC(C)(C)N(C)C. The third-order valence-corrected chi connectivity index (χ3v) is 4.13. The van der Waals surface area contributed by atoms with Crippen molar-refractivity contribution in [2.75, 3.05) is 40.8 Å². The molecule has 0 amide bonds. The molecule has 0 aliphatic carbocycles. The van der Waals surface area contributed by atoms with Crippen LogP contribution in [0.4, 0.5) is 0 Å². The van der Waals surface area contributed by atoms with Crippen LogP contribution < -0.4 is 10.6 Å². The predicted molar refractivity (Wildman–Crippen MR) is 93.4 cm³/mol. The molecule has 5 nitrogen and oxygen atoms in total. The number of benzene rings is 1. The zero-order valence-electron chi connectivity index (χ0n) is 14.4. The maximum Gasteiger partial charge on any atom is 0.191 e. The number of likely N-dealkylation sites (N-methyl/N-ethyl adjacent to an activating group) is 1. The number of rotatable bonds is 7. The lowest BCUT2D eigenvalue weighted by atomic mass is 10.0. The van der Waals surface area contributed by atoms with Gasteiger partial charge in [-0.05, 0) is 33.5 Å². The molecule has 5 heteroatoms. The lowest BCUT2D eigenvalue weighted by Crippen LogP contribution is -2.51. The van der Waals surface area contributed by atoms with E-state index >= 15 is 0 Å². The van der Waals surface area contributed by atoms with Gasteiger partial charge in [-0.25, -0.2) is 0 Å². The van der Waals surface area contributed by atoms with Gasteiger partial charge in [0.15, 0.2) is 5.96 Å². The van der Waals surface area contributed by atoms with E-state index in [2.05, 4.69) is 48.5 Å². The third kappa shape index (κ3) is 5.66. The van der Waals surface area contributed by atoms with Gasteiger partial charge in [0.2, 0.25) is 0 Å². The molecule has 3 N–H and O–H groups in total. The van der Waals surface area contributed by atoms with E-state index < -0.39 is 0 Å². The van der Waals surface area contributed by atoms with E-state index in [4.69, 9.17) is 0 Å². The molecular formula is C17H30N4O. The number of aliphatic hydroxyl groups excluding tert-OH is 1. The molecule has 1 atom stereocenters. The van der Waals surface area contributed by atoms with Gasteiger partial charge in [0.05, 0.1) is 6.61 Å². The van der Waals surface area contributed by atoms with Crippen LogP contribution in [0.15, 0.2) is 35.3 Å². The third-order valence-electron chi connectivity index (χ3n) is 4.13. The second kappa shape index (κ2) is 8.76. The quantitative estimate of drug-likeness (QED) is 0.524. The Labute approximate surface area is 134 Å². The average Bonchev–Trinajstić information content (AvgIpc) is 2.51. The number of hydrogen-bond acceptors (Lipinski definition) is 3. The number of nitrogens with zero attached hydrogens (tertiary/aromatic N) is 2.